The van der Waals surface area contributed by atoms with Gasteiger partial charge in [-0.3, -0.25) is 0 Å². The fourth-order valence-electron chi connectivity index (χ4n) is 1.54. The Labute approximate surface area is 69.8 Å². The number of cyclic esters (lactones) is 1. The summed E-state index contributed by atoms with van der Waals surface area (Å²) >= 11 is 0. The molecule has 66 valence electrons. The van der Waals surface area contributed by atoms with Crippen molar-refractivity contribution >= 4 is 5.97 Å². The molecule has 0 radical (unpaired) electrons. The summed E-state index contributed by atoms with van der Waals surface area (Å²) in [7, 11) is 0. The molecule has 1 fully saturated rings. The van der Waals surface area contributed by atoms with Gasteiger partial charge in [-0.15, -0.1) is 0 Å². The van der Waals surface area contributed by atoms with Crippen LogP contribution in [0.1, 0.15) is 12.8 Å². The summed E-state index contributed by atoms with van der Waals surface area (Å²) in [6, 6.07) is 0. The maximum atomic E-state index is 11.1. The van der Waals surface area contributed by atoms with Gasteiger partial charge in [0.05, 0.1) is 18.4 Å². The van der Waals surface area contributed by atoms with E-state index in [1.54, 1.807) is 0 Å². The maximum absolute atomic E-state index is 11.1. The number of hydrogen-bond acceptors (Lipinski definition) is 4. The van der Waals surface area contributed by atoms with Crippen LogP contribution < -0.4 is 0 Å². The summed E-state index contributed by atoms with van der Waals surface area (Å²) in [4.78, 5) is 11.1. The van der Waals surface area contributed by atoms with Crippen molar-refractivity contribution in [1.29, 1.82) is 0 Å². The highest BCUT2D eigenvalue weighted by molar-refractivity contribution is 5.89. The number of aliphatic hydroxyl groups is 1. The fourth-order valence-corrected chi connectivity index (χ4v) is 1.54. The van der Waals surface area contributed by atoms with Crippen LogP contribution in [0.4, 0.5) is 0 Å². The van der Waals surface area contributed by atoms with E-state index in [1.165, 1.54) is 6.26 Å². The number of aliphatic hydroxyl groups excluding tert-OH is 1. The lowest BCUT2D eigenvalue weighted by atomic mass is 9.90. The molecule has 0 bridgehead atoms. The Morgan fingerprint density at radius 3 is 3.25 bits per heavy atom. The molecule has 0 aromatic rings. The molecule has 1 saturated heterocycles. The van der Waals surface area contributed by atoms with Crippen LogP contribution in [0, 0.1) is 5.92 Å². The molecule has 2 atom stereocenters. The van der Waals surface area contributed by atoms with E-state index in [9.17, 15) is 4.79 Å². The van der Waals surface area contributed by atoms with Crippen molar-refractivity contribution in [2.45, 2.75) is 19.1 Å². The van der Waals surface area contributed by atoms with E-state index in [1.807, 2.05) is 0 Å². The summed E-state index contributed by atoms with van der Waals surface area (Å²) < 4.78 is 9.62. The first-order chi connectivity index (χ1) is 5.77. The Morgan fingerprint density at radius 2 is 2.42 bits per heavy atom. The van der Waals surface area contributed by atoms with E-state index in [4.69, 9.17) is 14.6 Å². The lowest BCUT2D eigenvalue weighted by molar-refractivity contribution is -0.147. The van der Waals surface area contributed by atoms with Gasteiger partial charge in [0.25, 0.3) is 0 Å². The second kappa shape index (κ2) is 2.79. The highest BCUT2D eigenvalue weighted by atomic mass is 16.6. The van der Waals surface area contributed by atoms with Crippen molar-refractivity contribution in [3.05, 3.63) is 11.8 Å². The Kier molecular flexibility index (Phi) is 1.77. The number of rotatable bonds is 0. The summed E-state index contributed by atoms with van der Waals surface area (Å²) in [6.07, 6.45) is 1.85. The Morgan fingerprint density at radius 1 is 1.58 bits per heavy atom. The average molecular weight is 170 g/mol. The zero-order valence-electron chi connectivity index (χ0n) is 6.53. The predicted molar refractivity (Wildman–Crippen MR) is 38.9 cm³/mol. The molecule has 2 aliphatic heterocycles. The highest BCUT2D eigenvalue weighted by Gasteiger charge is 2.32. The van der Waals surface area contributed by atoms with Crippen LogP contribution in [0.15, 0.2) is 11.8 Å². The normalized spacial score (nSPS) is 34.4. The molecule has 2 rings (SSSR count). The van der Waals surface area contributed by atoms with Crippen molar-refractivity contribution in [3.63, 3.8) is 0 Å². The first-order valence-corrected chi connectivity index (χ1v) is 3.98. The van der Waals surface area contributed by atoms with Crippen LogP contribution in [0.5, 0.6) is 0 Å². The third-order valence-electron chi connectivity index (χ3n) is 2.21. The van der Waals surface area contributed by atoms with Gasteiger partial charge >= 0.3 is 5.97 Å². The number of fused-ring (bicyclic) bond motifs is 1. The molecule has 0 amide bonds. The molecule has 12 heavy (non-hydrogen) atoms. The number of esters is 1. The minimum atomic E-state index is -0.760. The van der Waals surface area contributed by atoms with Gasteiger partial charge in [-0.25, -0.2) is 4.79 Å². The second-order valence-electron chi connectivity index (χ2n) is 3.02. The van der Waals surface area contributed by atoms with Crippen LogP contribution >= 0.6 is 0 Å². The lowest BCUT2D eigenvalue weighted by Gasteiger charge is -2.29. The number of hydrogen-bond donors (Lipinski definition) is 1. The van der Waals surface area contributed by atoms with Gasteiger partial charge in [0.2, 0.25) is 0 Å². The second-order valence-corrected chi connectivity index (χ2v) is 3.02. The molecule has 0 aliphatic carbocycles. The molecule has 0 aromatic heterocycles. The first-order valence-electron chi connectivity index (χ1n) is 3.98. The summed E-state index contributed by atoms with van der Waals surface area (Å²) in [5, 5.41) is 9.12. The lowest BCUT2D eigenvalue weighted by Crippen LogP contribution is -2.31. The van der Waals surface area contributed by atoms with E-state index >= 15 is 0 Å². The van der Waals surface area contributed by atoms with Gasteiger partial charge < -0.3 is 14.6 Å². The van der Waals surface area contributed by atoms with Gasteiger partial charge in [-0.2, -0.15) is 0 Å². The number of carbonyl (C=O) groups excluding carboxylic acids is 1. The predicted octanol–water partition coefficient (Wildman–Crippen LogP) is 0.172. The standard InChI is InChI=1S/C8H10O4/c9-7-3-5-1-2-11-8(10)6(5)4-12-7/h4-5,7,9H,1-3H2/t5-,7?/m0/s1. The van der Waals surface area contributed by atoms with E-state index in [-0.39, 0.29) is 11.9 Å². The maximum Gasteiger partial charge on any atom is 0.337 e. The topological polar surface area (TPSA) is 55.8 Å². The average Bonchev–Trinajstić information content (AvgIpc) is 2.04. The molecule has 2 heterocycles. The molecular formula is C8H10O4. The van der Waals surface area contributed by atoms with Crippen LogP contribution in [-0.2, 0) is 14.3 Å². The Bertz CT molecular complexity index is 233. The van der Waals surface area contributed by atoms with Gasteiger partial charge in [0.1, 0.15) is 0 Å². The first kappa shape index (κ1) is 7.61. The zero-order valence-corrected chi connectivity index (χ0v) is 6.53. The van der Waals surface area contributed by atoms with Crippen molar-refractivity contribution in [3.8, 4) is 0 Å². The van der Waals surface area contributed by atoms with Crippen molar-refractivity contribution in [2.75, 3.05) is 6.61 Å². The third-order valence-corrected chi connectivity index (χ3v) is 2.21. The molecule has 1 N–H and O–H groups in total. The molecule has 0 saturated carbocycles. The largest absolute Gasteiger partial charge is 0.472 e. The third kappa shape index (κ3) is 1.18. The van der Waals surface area contributed by atoms with Gasteiger partial charge in [-0.05, 0) is 6.42 Å². The monoisotopic (exact) mass is 170 g/mol. The Hall–Kier alpha value is -1.03. The molecule has 2 aliphatic rings. The van der Waals surface area contributed by atoms with Crippen LogP contribution in [-0.4, -0.2) is 24.0 Å². The van der Waals surface area contributed by atoms with E-state index in [0.29, 0.717) is 18.6 Å². The summed E-state index contributed by atoms with van der Waals surface area (Å²) in [6.45, 7) is 0.452. The number of carbonyl (C=O) groups is 1. The van der Waals surface area contributed by atoms with E-state index < -0.39 is 6.29 Å². The molecule has 0 aromatic carbocycles. The minimum Gasteiger partial charge on any atom is -0.472 e. The molecule has 0 spiro atoms. The summed E-state index contributed by atoms with van der Waals surface area (Å²) in [5.74, 6) is -0.187. The molecule has 4 heteroatoms. The van der Waals surface area contributed by atoms with Gasteiger partial charge in [-0.1, -0.05) is 0 Å². The molecule has 1 unspecified atom stereocenters. The van der Waals surface area contributed by atoms with E-state index in [0.717, 1.165) is 6.42 Å². The zero-order chi connectivity index (χ0) is 8.55. The van der Waals surface area contributed by atoms with E-state index in [2.05, 4.69) is 0 Å². The quantitative estimate of drug-likeness (QED) is 0.526. The smallest absolute Gasteiger partial charge is 0.337 e. The van der Waals surface area contributed by atoms with Crippen molar-refractivity contribution in [1.82, 2.24) is 0 Å². The fraction of sp³-hybridized carbons (Fsp3) is 0.625. The van der Waals surface area contributed by atoms with Crippen LogP contribution in [0.25, 0.3) is 0 Å². The Balaban J connectivity index is 2.19. The summed E-state index contributed by atoms with van der Waals surface area (Å²) in [5.41, 5.74) is 0.562. The minimum absolute atomic E-state index is 0.120. The van der Waals surface area contributed by atoms with Gasteiger partial charge in [0.15, 0.2) is 6.29 Å². The number of ether oxygens (including phenoxy) is 2. The molecule has 4 nitrogen and oxygen atoms in total. The van der Waals surface area contributed by atoms with Gasteiger partial charge in [0, 0.05) is 12.3 Å². The molecular weight excluding hydrogens is 160 g/mol. The van der Waals surface area contributed by atoms with Crippen molar-refractivity contribution < 1.29 is 19.4 Å². The van der Waals surface area contributed by atoms with Crippen molar-refractivity contribution in [2.24, 2.45) is 5.92 Å². The van der Waals surface area contributed by atoms with Crippen LogP contribution in [0.3, 0.4) is 0 Å². The highest BCUT2D eigenvalue weighted by Crippen LogP contribution is 2.30. The van der Waals surface area contributed by atoms with Crippen LogP contribution in [0.2, 0.25) is 0 Å². The SMILES string of the molecule is O=C1OCC[C@H]2CC(O)OC=C12.